The van der Waals surface area contributed by atoms with Crippen LogP contribution in [0.25, 0.3) is 5.57 Å². The number of allylic oxidation sites excluding steroid dienone is 5. The standard InChI is InChI=1S/C20H21BN2O/c1-3-5-7-17(4-2)18-8-6-9-19(14-18)24-20(21)23-15-16-10-12-22-13-11-16/h3-14,21,23H,1,15H2,2H3/b7-5-,17-4+. The van der Waals surface area contributed by atoms with Crippen molar-refractivity contribution < 1.29 is 4.74 Å². The molecule has 0 saturated heterocycles. The van der Waals surface area contributed by atoms with Crippen molar-refractivity contribution in [1.82, 2.24) is 10.3 Å². The van der Waals surface area contributed by atoms with E-state index in [1.54, 1.807) is 18.5 Å². The van der Waals surface area contributed by atoms with E-state index in [-0.39, 0.29) is 0 Å². The van der Waals surface area contributed by atoms with Crippen molar-refractivity contribution in [1.29, 1.82) is 0 Å². The molecule has 0 aliphatic carbocycles. The molecule has 1 N–H and O–H groups in total. The molecule has 2 rings (SSSR count). The van der Waals surface area contributed by atoms with Gasteiger partial charge in [-0.3, -0.25) is 0 Å². The van der Waals surface area contributed by atoms with Gasteiger partial charge in [0, 0.05) is 0 Å². The fraction of sp³-hybridized carbons (Fsp3) is 0.100. The van der Waals surface area contributed by atoms with Gasteiger partial charge in [-0.25, -0.2) is 0 Å². The first-order valence-electron chi connectivity index (χ1n) is 7.78. The molecule has 1 heterocycles. The van der Waals surface area contributed by atoms with Crippen molar-refractivity contribution in [3.63, 3.8) is 0 Å². The van der Waals surface area contributed by atoms with Crippen LogP contribution < -0.4 is 10.1 Å². The Morgan fingerprint density at radius 2 is 2.08 bits per heavy atom. The maximum atomic E-state index is 5.78. The topological polar surface area (TPSA) is 34.2 Å². The summed E-state index contributed by atoms with van der Waals surface area (Å²) in [7, 11) is 3.92. The van der Waals surface area contributed by atoms with Crippen LogP contribution >= 0.6 is 0 Å². The van der Waals surface area contributed by atoms with Crippen LogP contribution in [-0.2, 0) is 6.54 Å². The average Bonchev–Trinajstić information content (AvgIpc) is 2.62. The number of hydrogen-bond donors (Lipinski definition) is 1. The molecule has 3 nitrogen and oxygen atoms in total. The zero-order valence-electron chi connectivity index (χ0n) is 13.9. The van der Waals surface area contributed by atoms with Crippen LogP contribution in [0.1, 0.15) is 18.1 Å². The Morgan fingerprint density at radius 3 is 2.79 bits per heavy atom. The molecule has 2 aromatic rings. The summed E-state index contributed by atoms with van der Waals surface area (Å²) in [6.07, 6.45) is 11.3. The summed E-state index contributed by atoms with van der Waals surface area (Å²) in [5, 5.41) is 3.16. The van der Waals surface area contributed by atoms with Gasteiger partial charge in [0.15, 0.2) is 0 Å². The van der Waals surface area contributed by atoms with E-state index in [2.05, 4.69) is 30.4 Å². The van der Waals surface area contributed by atoms with E-state index < -0.39 is 0 Å². The molecule has 0 bridgehead atoms. The first kappa shape index (κ1) is 17.5. The number of benzene rings is 1. The normalized spacial score (nSPS) is 11.2. The minimum absolute atomic E-state index is 0.507. The van der Waals surface area contributed by atoms with Crippen molar-refractivity contribution in [3.05, 3.63) is 90.8 Å². The van der Waals surface area contributed by atoms with Gasteiger partial charge in [0.25, 0.3) is 0 Å². The zero-order chi connectivity index (χ0) is 17.2. The summed E-state index contributed by atoms with van der Waals surface area (Å²) in [6, 6.07) is 11.8. The molecule has 1 aromatic carbocycles. The molecule has 24 heavy (non-hydrogen) atoms. The average molecular weight is 316 g/mol. The summed E-state index contributed by atoms with van der Waals surface area (Å²) >= 11 is 0. The van der Waals surface area contributed by atoms with E-state index in [0.29, 0.717) is 12.3 Å². The molecular formula is C20H21BN2O. The molecule has 0 amide bonds. The molecular weight excluding hydrogens is 295 g/mol. The molecule has 0 aliphatic rings. The summed E-state index contributed by atoms with van der Waals surface area (Å²) in [5.41, 5.74) is 3.31. The SMILES string of the molecule is B=C(NCc1ccncc1)Oc1cccc(C(/C=C\C=C)=C/C)c1. The molecule has 4 heteroatoms. The Labute approximate surface area is 144 Å². The van der Waals surface area contributed by atoms with Gasteiger partial charge in [0.05, 0.1) is 0 Å². The molecule has 0 atom stereocenters. The van der Waals surface area contributed by atoms with Gasteiger partial charge in [-0.05, 0) is 0 Å². The van der Waals surface area contributed by atoms with Crippen LogP contribution in [0.2, 0.25) is 0 Å². The van der Waals surface area contributed by atoms with E-state index in [1.165, 1.54) is 0 Å². The molecule has 120 valence electrons. The number of nitrogens with zero attached hydrogens (tertiary/aromatic N) is 1. The van der Waals surface area contributed by atoms with Crippen LogP contribution in [0, 0.1) is 0 Å². The van der Waals surface area contributed by atoms with Gasteiger partial charge in [0.1, 0.15) is 0 Å². The van der Waals surface area contributed by atoms with E-state index in [4.69, 9.17) is 4.74 Å². The van der Waals surface area contributed by atoms with E-state index in [9.17, 15) is 0 Å². The van der Waals surface area contributed by atoms with Gasteiger partial charge < -0.3 is 0 Å². The number of hydrogen-bond acceptors (Lipinski definition) is 3. The fourth-order valence-corrected chi connectivity index (χ4v) is 2.15. The summed E-state index contributed by atoms with van der Waals surface area (Å²) in [6.45, 7) is 6.35. The van der Waals surface area contributed by atoms with Gasteiger partial charge in [0.2, 0.25) is 0 Å². The van der Waals surface area contributed by atoms with Crippen LogP contribution in [0.4, 0.5) is 0 Å². The predicted molar refractivity (Wildman–Crippen MR) is 103 cm³/mol. The Morgan fingerprint density at radius 1 is 1.29 bits per heavy atom. The Kier molecular flexibility index (Phi) is 6.78. The van der Waals surface area contributed by atoms with Gasteiger partial charge >= 0.3 is 144 Å². The van der Waals surface area contributed by atoms with Gasteiger partial charge in [-0.15, -0.1) is 0 Å². The van der Waals surface area contributed by atoms with Crippen molar-refractivity contribution in [2.45, 2.75) is 13.5 Å². The molecule has 0 aliphatic heterocycles. The first-order valence-corrected chi connectivity index (χ1v) is 7.78. The van der Waals surface area contributed by atoms with E-state index in [0.717, 1.165) is 22.4 Å². The third kappa shape index (κ3) is 5.40. The Hall–Kier alpha value is -2.88. The summed E-state index contributed by atoms with van der Waals surface area (Å²) < 4.78 is 5.78. The van der Waals surface area contributed by atoms with Crippen molar-refractivity contribution in [3.8, 4) is 5.75 Å². The Bertz CT molecular complexity index is 751. The number of rotatable bonds is 8. The number of nitrogens with one attached hydrogen (secondary N) is 1. The van der Waals surface area contributed by atoms with E-state index >= 15 is 0 Å². The molecule has 0 spiro atoms. The van der Waals surface area contributed by atoms with Gasteiger partial charge in [-0.1, -0.05) is 0 Å². The van der Waals surface area contributed by atoms with Gasteiger partial charge in [-0.2, -0.15) is 0 Å². The second-order valence-corrected chi connectivity index (χ2v) is 5.10. The molecule has 0 unspecified atom stereocenters. The monoisotopic (exact) mass is 316 g/mol. The molecule has 0 fully saturated rings. The number of aromatic nitrogens is 1. The Balaban J connectivity index is 1.99. The fourth-order valence-electron chi connectivity index (χ4n) is 2.15. The minimum atomic E-state index is 0.507. The third-order valence-electron chi connectivity index (χ3n) is 3.37. The second-order valence-electron chi connectivity index (χ2n) is 5.10. The predicted octanol–water partition coefficient (Wildman–Crippen LogP) is 3.38. The van der Waals surface area contributed by atoms with Crippen LogP contribution in [-0.4, -0.2) is 18.2 Å². The molecule has 0 radical (unpaired) electrons. The third-order valence-corrected chi connectivity index (χ3v) is 3.37. The van der Waals surface area contributed by atoms with Crippen molar-refractivity contribution in [2.75, 3.05) is 0 Å². The summed E-state index contributed by atoms with van der Waals surface area (Å²) in [4.78, 5) is 4.00. The quantitative estimate of drug-likeness (QED) is 0.599. The molecule has 1 aromatic heterocycles. The zero-order valence-corrected chi connectivity index (χ0v) is 13.9. The summed E-state index contributed by atoms with van der Waals surface area (Å²) in [5.74, 6) is 1.25. The second kappa shape index (κ2) is 9.31. The van der Waals surface area contributed by atoms with E-state index in [1.807, 2.05) is 55.5 Å². The van der Waals surface area contributed by atoms with Crippen molar-refractivity contribution >= 4 is 18.8 Å². The van der Waals surface area contributed by atoms with Crippen LogP contribution in [0.5, 0.6) is 5.75 Å². The van der Waals surface area contributed by atoms with Crippen LogP contribution in [0.3, 0.4) is 0 Å². The van der Waals surface area contributed by atoms with Crippen molar-refractivity contribution in [2.24, 2.45) is 0 Å². The first-order chi connectivity index (χ1) is 11.7. The maximum absolute atomic E-state index is 5.78. The van der Waals surface area contributed by atoms with Crippen LogP contribution in [0.15, 0.2) is 79.7 Å². The number of ether oxygens (including phenoxy) is 1. The number of pyridine rings is 1. The molecule has 0 saturated carbocycles.